The fourth-order valence-electron chi connectivity index (χ4n) is 2.63. The number of carboxylic acids is 1. The number of aromatic nitrogens is 1. The molecule has 26 heavy (non-hydrogen) atoms. The maximum Gasteiger partial charge on any atom is 0.339 e. The molecule has 138 valence electrons. The molecule has 0 unspecified atom stereocenters. The van der Waals surface area contributed by atoms with Crippen molar-refractivity contribution in [3.05, 3.63) is 47.7 Å². The first-order chi connectivity index (χ1) is 12.4. The summed E-state index contributed by atoms with van der Waals surface area (Å²) in [5.74, 6) is -0.866. The van der Waals surface area contributed by atoms with Gasteiger partial charge in [0.15, 0.2) is 0 Å². The molecule has 0 aliphatic carbocycles. The van der Waals surface area contributed by atoms with Crippen molar-refractivity contribution in [2.75, 3.05) is 35.9 Å². The summed E-state index contributed by atoms with van der Waals surface area (Å²) in [5.41, 5.74) is 0.977. The van der Waals surface area contributed by atoms with E-state index in [0.29, 0.717) is 32.1 Å². The van der Waals surface area contributed by atoms with E-state index < -0.39 is 16.0 Å². The first-order valence-electron chi connectivity index (χ1n) is 8.02. The van der Waals surface area contributed by atoms with Crippen molar-refractivity contribution in [2.24, 2.45) is 0 Å². The number of ether oxygens (including phenoxy) is 1. The van der Waals surface area contributed by atoms with Crippen molar-refractivity contribution >= 4 is 27.5 Å². The normalized spacial score (nSPS) is 14.9. The molecule has 0 saturated carbocycles. The maximum absolute atomic E-state index is 12.5. The number of aromatic carboxylic acids is 1. The monoisotopic (exact) mass is 377 g/mol. The fourth-order valence-corrected chi connectivity index (χ4v) is 3.66. The van der Waals surface area contributed by atoms with Crippen molar-refractivity contribution in [1.29, 1.82) is 0 Å². The van der Waals surface area contributed by atoms with Crippen molar-refractivity contribution in [1.82, 2.24) is 4.98 Å². The van der Waals surface area contributed by atoms with Gasteiger partial charge in [0.1, 0.15) is 11.4 Å². The lowest BCUT2D eigenvalue weighted by molar-refractivity contribution is 0.0696. The molecular weight excluding hydrogens is 358 g/mol. The topological polar surface area (TPSA) is 109 Å². The second kappa shape index (κ2) is 7.30. The highest BCUT2D eigenvalue weighted by atomic mass is 32.2. The number of sulfonamides is 1. The van der Waals surface area contributed by atoms with Crippen molar-refractivity contribution < 1.29 is 23.1 Å². The molecule has 1 saturated heterocycles. The summed E-state index contributed by atoms with van der Waals surface area (Å²) in [5, 5.41) is 9.49. The van der Waals surface area contributed by atoms with Crippen molar-refractivity contribution in [3.8, 4) is 0 Å². The standard InChI is InChI=1S/C17H19N3O5S/c1-12-2-4-14(5-3-12)26(23,24)19-13-10-15(17(21)22)16(18-11-13)20-6-8-25-9-7-20/h2-5,10-11,19H,6-9H2,1H3,(H,21,22). The molecule has 3 rings (SSSR count). The Labute approximate surface area is 151 Å². The number of morpholine rings is 1. The van der Waals surface area contributed by atoms with Gasteiger partial charge in [-0.25, -0.2) is 18.2 Å². The Bertz CT molecular complexity index is 906. The van der Waals surface area contributed by atoms with Crippen LogP contribution in [0, 0.1) is 6.92 Å². The van der Waals surface area contributed by atoms with Gasteiger partial charge >= 0.3 is 5.97 Å². The van der Waals surface area contributed by atoms with E-state index in [4.69, 9.17) is 4.74 Å². The zero-order valence-electron chi connectivity index (χ0n) is 14.2. The van der Waals surface area contributed by atoms with E-state index in [0.717, 1.165) is 5.56 Å². The summed E-state index contributed by atoms with van der Waals surface area (Å²) in [6.07, 6.45) is 1.32. The molecule has 2 aromatic rings. The largest absolute Gasteiger partial charge is 0.478 e. The van der Waals surface area contributed by atoms with Crippen LogP contribution in [0.25, 0.3) is 0 Å². The van der Waals surface area contributed by atoms with Gasteiger partial charge in [-0.1, -0.05) is 17.7 Å². The second-order valence-electron chi connectivity index (χ2n) is 5.92. The van der Waals surface area contributed by atoms with E-state index in [2.05, 4.69) is 9.71 Å². The van der Waals surface area contributed by atoms with E-state index in [1.54, 1.807) is 12.1 Å². The quantitative estimate of drug-likeness (QED) is 0.817. The molecule has 0 spiro atoms. The minimum absolute atomic E-state index is 0.0593. The van der Waals surface area contributed by atoms with Crippen LogP contribution in [-0.2, 0) is 14.8 Å². The maximum atomic E-state index is 12.5. The van der Waals surface area contributed by atoms with E-state index in [1.807, 2.05) is 11.8 Å². The van der Waals surface area contributed by atoms with Crippen LogP contribution >= 0.6 is 0 Å². The lowest BCUT2D eigenvalue weighted by atomic mass is 10.2. The summed E-state index contributed by atoms with van der Waals surface area (Å²) in [6.45, 7) is 3.89. The first-order valence-corrected chi connectivity index (χ1v) is 9.51. The number of rotatable bonds is 5. The average molecular weight is 377 g/mol. The first kappa shape index (κ1) is 18.2. The molecule has 2 N–H and O–H groups in total. The third kappa shape index (κ3) is 3.94. The molecule has 8 nitrogen and oxygen atoms in total. The zero-order valence-corrected chi connectivity index (χ0v) is 15.0. The van der Waals surface area contributed by atoms with Crippen LogP contribution < -0.4 is 9.62 Å². The van der Waals surface area contributed by atoms with Gasteiger partial charge in [0, 0.05) is 13.1 Å². The van der Waals surface area contributed by atoms with Crippen LogP contribution in [0.5, 0.6) is 0 Å². The van der Waals surface area contributed by atoms with E-state index in [-0.39, 0.29) is 16.1 Å². The minimum Gasteiger partial charge on any atom is -0.478 e. The average Bonchev–Trinajstić information content (AvgIpc) is 2.62. The highest BCUT2D eigenvalue weighted by Gasteiger charge is 2.22. The summed E-state index contributed by atoms with van der Waals surface area (Å²) in [7, 11) is -3.83. The summed E-state index contributed by atoms with van der Waals surface area (Å²) in [4.78, 5) is 17.7. The molecule has 1 aromatic carbocycles. The number of pyridine rings is 1. The van der Waals surface area contributed by atoms with Gasteiger partial charge in [-0.3, -0.25) is 4.72 Å². The van der Waals surface area contributed by atoms with E-state index in [1.165, 1.54) is 24.4 Å². The van der Waals surface area contributed by atoms with Gasteiger partial charge in [-0.05, 0) is 25.1 Å². The van der Waals surface area contributed by atoms with Crippen molar-refractivity contribution in [2.45, 2.75) is 11.8 Å². The molecule has 0 amide bonds. The summed E-state index contributed by atoms with van der Waals surface area (Å²) < 4.78 is 32.6. The molecule has 2 heterocycles. The number of aryl methyl sites for hydroxylation is 1. The fraction of sp³-hybridized carbons (Fsp3) is 0.294. The minimum atomic E-state index is -3.83. The molecule has 1 aliphatic heterocycles. The van der Waals surface area contributed by atoms with Crippen molar-refractivity contribution in [3.63, 3.8) is 0 Å². The van der Waals surface area contributed by atoms with Gasteiger partial charge in [-0.15, -0.1) is 0 Å². The Morgan fingerprint density at radius 3 is 2.50 bits per heavy atom. The SMILES string of the molecule is Cc1ccc(S(=O)(=O)Nc2cnc(N3CCOCC3)c(C(=O)O)c2)cc1. The Balaban J connectivity index is 1.89. The predicted molar refractivity (Wildman–Crippen MR) is 96.2 cm³/mol. The molecule has 1 aromatic heterocycles. The van der Waals surface area contributed by atoms with Gasteiger partial charge in [0.05, 0.1) is 30.0 Å². The number of anilines is 2. The number of hydrogen-bond donors (Lipinski definition) is 2. The Hall–Kier alpha value is -2.65. The highest BCUT2D eigenvalue weighted by Crippen LogP contribution is 2.24. The van der Waals surface area contributed by atoms with E-state index >= 15 is 0 Å². The number of nitrogens with zero attached hydrogens (tertiary/aromatic N) is 2. The van der Waals surface area contributed by atoms with Gasteiger partial charge in [0.2, 0.25) is 0 Å². The van der Waals surface area contributed by atoms with Crippen LogP contribution in [0.2, 0.25) is 0 Å². The Kier molecular flexibility index (Phi) is 5.10. The number of nitrogens with one attached hydrogen (secondary N) is 1. The van der Waals surface area contributed by atoms with Crippen LogP contribution in [0.15, 0.2) is 41.4 Å². The third-order valence-electron chi connectivity index (χ3n) is 3.99. The van der Waals surface area contributed by atoms with E-state index in [9.17, 15) is 18.3 Å². The smallest absolute Gasteiger partial charge is 0.339 e. The number of hydrogen-bond acceptors (Lipinski definition) is 6. The molecule has 0 bridgehead atoms. The molecule has 1 fully saturated rings. The molecule has 9 heteroatoms. The molecule has 0 radical (unpaired) electrons. The van der Waals surface area contributed by atoms with Gasteiger partial charge in [-0.2, -0.15) is 0 Å². The van der Waals surface area contributed by atoms with Crippen LogP contribution in [0.3, 0.4) is 0 Å². The lowest BCUT2D eigenvalue weighted by Crippen LogP contribution is -2.37. The van der Waals surface area contributed by atoms with Gasteiger partial charge < -0.3 is 14.7 Å². The molecule has 0 atom stereocenters. The number of carboxylic acid groups (broad SMARTS) is 1. The van der Waals surface area contributed by atoms with Gasteiger partial charge in [0.25, 0.3) is 10.0 Å². The Morgan fingerprint density at radius 1 is 1.23 bits per heavy atom. The third-order valence-corrected chi connectivity index (χ3v) is 5.39. The Morgan fingerprint density at radius 2 is 1.88 bits per heavy atom. The molecule has 1 aliphatic rings. The number of carbonyl (C=O) groups is 1. The summed E-state index contributed by atoms with van der Waals surface area (Å²) >= 11 is 0. The number of benzene rings is 1. The van der Waals surface area contributed by atoms with Crippen LogP contribution in [0.1, 0.15) is 15.9 Å². The van der Waals surface area contributed by atoms with Crippen LogP contribution in [0.4, 0.5) is 11.5 Å². The zero-order chi connectivity index (χ0) is 18.7. The highest BCUT2D eigenvalue weighted by molar-refractivity contribution is 7.92. The summed E-state index contributed by atoms with van der Waals surface area (Å²) in [6, 6.07) is 7.65. The second-order valence-corrected chi connectivity index (χ2v) is 7.60. The lowest BCUT2D eigenvalue weighted by Gasteiger charge is -2.28. The van der Waals surface area contributed by atoms with Crippen LogP contribution in [-0.4, -0.2) is 50.8 Å². The molecular formula is C17H19N3O5S. The predicted octanol–water partition coefficient (Wildman–Crippen LogP) is 1.73.